The van der Waals surface area contributed by atoms with Crippen LogP contribution in [0.2, 0.25) is 5.02 Å². The highest BCUT2D eigenvalue weighted by atomic mass is 35.5. The molecule has 1 atom stereocenters. The summed E-state index contributed by atoms with van der Waals surface area (Å²) in [5.41, 5.74) is 7.32. The normalized spacial score (nSPS) is 12.3. The molecule has 0 bridgehead atoms. The minimum absolute atomic E-state index is 0.310. The Bertz CT molecular complexity index is 565. The van der Waals surface area contributed by atoms with Gasteiger partial charge in [0.25, 0.3) is 0 Å². The highest BCUT2D eigenvalue weighted by Gasteiger charge is 2.07. The van der Waals surface area contributed by atoms with Gasteiger partial charge in [0.2, 0.25) is 0 Å². The van der Waals surface area contributed by atoms with Crippen LogP contribution < -0.4 is 5.73 Å². The van der Waals surface area contributed by atoms with Crippen LogP contribution in [0.3, 0.4) is 0 Å². The number of thioether (sulfide) groups is 1. The molecule has 0 aromatic heterocycles. The van der Waals surface area contributed by atoms with Gasteiger partial charge in [0.1, 0.15) is 0 Å². The Hall–Kier alpha value is -1.20. The lowest BCUT2D eigenvalue weighted by Gasteiger charge is -2.11. The van der Waals surface area contributed by atoms with Crippen LogP contribution in [-0.2, 0) is 11.3 Å². The Kier molecular flexibility index (Phi) is 6.39. The molecule has 0 aliphatic heterocycles. The lowest BCUT2D eigenvalue weighted by atomic mass is 10.2. The van der Waals surface area contributed by atoms with Gasteiger partial charge in [-0.1, -0.05) is 41.9 Å². The van der Waals surface area contributed by atoms with Crippen molar-refractivity contribution in [3.63, 3.8) is 0 Å². The topological polar surface area (TPSA) is 55.5 Å². The fraction of sp³-hybridized carbons (Fsp3) is 0.250. The molecule has 112 valence electrons. The second-order valence-electron chi connectivity index (χ2n) is 4.65. The molecule has 5 heteroatoms. The van der Waals surface area contributed by atoms with Gasteiger partial charge in [0, 0.05) is 10.6 Å². The van der Waals surface area contributed by atoms with Gasteiger partial charge in [-0.05, 0) is 23.8 Å². The van der Waals surface area contributed by atoms with Crippen LogP contribution in [0.15, 0.2) is 53.4 Å². The molecule has 0 amide bonds. The maximum absolute atomic E-state index is 9.91. The van der Waals surface area contributed by atoms with Crippen molar-refractivity contribution in [3.8, 4) is 0 Å². The zero-order chi connectivity index (χ0) is 15.1. The highest BCUT2D eigenvalue weighted by Crippen LogP contribution is 2.26. The van der Waals surface area contributed by atoms with Crippen LogP contribution in [0, 0.1) is 0 Å². The Labute approximate surface area is 134 Å². The third-order valence-electron chi connectivity index (χ3n) is 2.84. The molecule has 0 fully saturated rings. The molecule has 0 spiro atoms. The van der Waals surface area contributed by atoms with E-state index in [1.165, 1.54) is 11.8 Å². The number of anilines is 1. The number of hydrogen-bond donors (Lipinski definition) is 2. The predicted octanol–water partition coefficient (Wildman–Crippen LogP) is 3.59. The molecule has 0 saturated carbocycles. The lowest BCUT2D eigenvalue weighted by Crippen LogP contribution is -2.17. The first kappa shape index (κ1) is 16.2. The van der Waals surface area contributed by atoms with E-state index >= 15 is 0 Å². The summed E-state index contributed by atoms with van der Waals surface area (Å²) >= 11 is 7.48. The van der Waals surface area contributed by atoms with Gasteiger partial charge in [-0.3, -0.25) is 0 Å². The highest BCUT2D eigenvalue weighted by molar-refractivity contribution is 7.99. The third-order valence-corrected chi connectivity index (χ3v) is 4.30. The largest absolute Gasteiger partial charge is 0.398 e. The smallest absolute Gasteiger partial charge is 0.0867 e. The molecule has 3 nitrogen and oxygen atoms in total. The molecular formula is C16H18ClNO2S. The zero-order valence-electron chi connectivity index (χ0n) is 11.5. The van der Waals surface area contributed by atoms with Crippen molar-refractivity contribution in [2.45, 2.75) is 17.6 Å². The monoisotopic (exact) mass is 323 g/mol. The van der Waals surface area contributed by atoms with E-state index in [1.807, 2.05) is 36.4 Å². The number of nitrogens with two attached hydrogens (primary N) is 1. The number of hydrogen-bond acceptors (Lipinski definition) is 4. The van der Waals surface area contributed by atoms with Crippen molar-refractivity contribution >= 4 is 29.1 Å². The van der Waals surface area contributed by atoms with Crippen molar-refractivity contribution in [1.82, 2.24) is 0 Å². The molecule has 2 rings (SSSR count). The van der Waals surface area contributed by atoms with Gasteiger partial charge in [0.15, 0.2) is 0 Å². The first-order chi connectivity index (χ1) is 10.1. The summed E-state index contributed by atoms with van der Waals surface area (Å²) in [7, 11) is 0. The number of ether oxygens (including phenoxy) is 1. The van der Waals surface area contributed by atoms with E-state index in [2.05, 4.69) is 0 Å². The standard InChI is InChI=1S/C16H18ClNO2S/c17-15-8-14(6-7-16(15)18)21-11-13(19)10-20-9-12-4-2-1-3-5-12/h1-8,13,19H,9-11,18H2. The number of aliphatic hydroxyl groups is 1. The van der Waals surface area contributed by atoms with Gasteiger partial charge in [-0.2, -0.15) is 0 Å². The summed E-state index contributed by atoms with van der Waals surface area (Å²) in [6, 6.07) is 15.4. The van der Waals surface area contributed by atoms with Crippen molar-refractivity contribution in [2.75, 3.05) is 18.1 Å². The van der Waals surface area contributed by atoms with E-state index in [9.17, 15) is 5.11 Å². The summed E-state index contributed by atoms with van der Waals surface area (Å²) in [4.78, 5) is 0.983. The van der Waals surface area contributed by atoms with Gasteiger partial charge in [0.05, 0.1) is 30.0 Å². The summed E-state index contributed by atoms with van der Waals surface area (Å²) in [5.74, 6) is 0.551. The van der Waals surface area contributed by atoms with Crippen LogP contribution in [0.5, 0.6) is 0 Å². The minimum atomic E-state index is -0.518. The molecule has 0 radical (unpaired) electrons. The number of aliphatic hydroxyl groups excluding tert-OH is 1. The second-order valence-corrected chi connectivity index (χ2v) is 6.15. The van der Waals surface area contributed by atoms with E-state index in [0.717, 1.165) is 10.5 Å². The second kappa shape index (κ2) is 8.29. The lowest BCUT2D eigenvalue weighted by molar-refractivity contribution is 0.0398. The molecule has 3 N–H and O–H groups in total. The van der Waals surface area contributed by atoms with E-state index in [-0.39, 0.29) is 0 Å². The van der Waals surface area contributed by atoms with Crippen molar-refractivity contribution in [3.05, 3.63) is 59.1 Å². The van der Waals surface area contributed by atoms with Gasteiger partial charge in [-0.25, -0.2) is 0 Å². The van der Waals surface area contributed by atoms with Crippen LogP contribution in [0.1, 0.15) is 5.56 Å². The van der Waals surface area contributed by atoms with Crippen molar-refractivity contribution in [2.24, 2.45) is 0 Å². The van der Waals surface area contributed by atoms with E-state index in [0.29, 0.717) is 29.7 Å². The van der Waals surface area contributed by atoms with Gasteiger partial charge < -0.3 is 15.6 Å². The SMILES string of the molecule is Nc1ccc(SCC(O)COCc2ccccc2)cc1Cl. The first-order valence-corrected chi connectivity index (χ1v) is 7.99. The third kappa shape index (κ3) is 5.59. The van der Waals surface area contributed by atoms with Crippen molar-refractivity contribution < 1.29 is 9.84 Å². The van der Waals surface area contributed by atoms with Crippen LogP contribution in [0.25, 0.3) is 0 Å². The average Bonchev–Trinajstić information content (AvgIpc) is 2.49. The Morgan fingerprint density at radius 1 is 1.19 bits per heavy atom. The Balaban J connectivity index is 1.69. The fourth-order valence-corrected chi connectivity index (χ4v) is 2.82. The molecule has 0 aliphatic carbocycles. The van der Waals surface area contributed by atoms with Crippen LogP contribution in [-0.4, -0.2) is 23.6 Å². The molecular weight excluding hydrogens is 306 g/mol. The molecule has 2 aromatic carbocycles. The molecule has 0 saturated heterocycles. The molecule has 21 heavy (non-hydrogen) atoms. The van der Waals surface area contributed by atoms with E-state index < -0.39 is 6.10 Å². The maximum Gasteiger partial charge on any atom is 0.0867 e. The average molecular weight is 324 g/mol. The molecule has 0 aliphatic rings. The minimum Gasteiger partial charge on any atom is -0.398 e. The van der Waals surface area contributed by atoms with Crippen LogP contribution >= 0.6 is 23.4 Å². The molecule has 2 aromatic rings. The summed E-state index contributed by atoms with van der Waals surface area (Å²) in [6.45, 7) is 0.820. The quantitative estimate of drug-likeness (QED) is 0.604. The Morgan fingerprint density at radius 2 is 1.95 bits per heavy atom. The molecule has 0 heterocycles. The van der Waals surface area contributed by atoms with Gasteiger partial charge in [-0.15, -0.1) is 11.8 Å². The van der Waals surface area contributed by atoms with E-state index in [4.69, 9.17) is 22.1 Å². The summed E-state index contributed by atoms with van der Waals surface area (Å²) in [6.07, 6.45) is -0.518. The number of rotatable bonds is 7. The maximum atomic E-state index is 9.91. The summed E-state index contributed by atoms with van der Waals surface area (Å²) < 4.78 is 5.50. The fourth-order valence-electron chi connectivity index (χ4n) is 1.73. The van der Waals surface area contributed by atoms with Crippen molar-refractivity contribution in [1.29, 1.82) is 0 Å². The number of benzene rings is 2. The first-order valence-electron chi connectivity index (χ1n) is 6.62. The van der Waals surface area contributed by atoms with Crippen LogP contribution in [0.4, 0.5) is 5.69 Å². The van der Waals surface area contributed by atoms with E-state index in [1.54, 1.807) is 12.1 Å². The number of nitrogen functional groups attached to an aromatic ring is 1. The number of halogens is 1. The molecule has 1 unspecified atom stereocenters. The zero-order valence-corrected chi connectivity index (χ0v) is 13.1. The summed E-state index contributed by atoms with van der Waals surface area (Å²) in [5, 5.41) is 10.4. The van der Waals surface area contributed by atoms with Gasteiger partial charge >= 0.3 is 0 Å². The predicted molar refractivity (Wildman–Crippen MR) is 88.7 cm³/mol. The Morgan fingerprint density at radius 3 is 2.67 bits per heavy atom.